The number of likely N-dealkylation sites (N-methyl/N-ethyl adjacent to an activating group) is 1. The SMILES string of the molecule is CN1CC(C)(C)Nc2cc(O)ccc21. The quantitative estimate of drug-likeness (QED) is 0.660. The summed E-state index contributed by atoms with van der Waals surface area (Å²) in [6.07, 6.45) is 0. The number of phenolic OH excluding ortho intramolecular Hbond substituents is 1. The maximum atomic E-state index is 9.39. The minimum atomic E-state index is 0.0511. The van der Waals surface area contributed by atoms with Crippen molar-refractivity contribution in [3.05, 3.63) is 18.2 Å². The van der Waals surface area contributed by atoms with Gasteiger partial charge in [-0.15, -0.1) is 0 Å². The molecule has 1 aromatic rings. The van der Waals surface area contributed by atoms with Gasteiger partial charge < -0.3 is 15.3 Å². The van der Waals surface area contributed by atoms with Gasteiger partial charge in [-0.1, -0.05) is 0 Å². The Hall–Kier alpha value is -1.38. The molecule has 3 heteroatoms. The molecule has 0 aromatic heterocycles. The lowest BCUT2D eigenvalue weighted by atomic mass is 10.00. The molecule has 1 aromatic carbocycles. The third kappa shape index (κ3) is 1.50. The molecule has 0 fully saturated rings. The molecule has 0 unspecified atom stereocenters. The van der Waals surface area contributed by atoms with Gasteiger partial charge in [0.25, 0.3) is 0 Å². The summed E-state index contributed by atoms with van der Waals surface area (Å²) in [7, 11) is 2.07. The first-order valence-corrected chi connectivity index (χ1v) is 4.80. The molecule has 0 saturated heterocycles. The summed E-state index contributed by atoms with van der Waals surface area (Å²) in [6.45, 7) is 5.26. The number of rotatable bonds is 0. The van der Waals surface area contributed by atoms with Crippen molar-refractivity contribution in [3.8, 4) is 5.75 Å². The van der Waals surface area contributed by atoms with Crippen LogP contribution in [0.15, 0.2) is 18.2 Å². The monoisotopic (exact) mass is 192 g/mol. The van der Waals surface area contributed by atoms with Crippen molar-refractivity contribution < 1.29 is 5.11 Å². The number of nitrogens with one attached hydrogen (secondary N) is 1. The van der Waals surface area contributed by atoms with E-state index < -0.39 is 0 Å². The van der Waals surface area contributed by atoms with E-state index in [1.54, 1.807) is 12.1 Å². The van der Waals surface area contributed by atoms with Crippen LogP contribution in [0.5, 0.6) is 5.75 Å². The van der Waals surface area contributed by atoms with E-state index in [1.165, 1.54) is 0 Å². The van der Waals surface area contributed by atoms with Gasteiger partial charge >= 0.3 is 0 Å². The average molecular weight is 192 g/mol. The fourth-order valence-corrected chi connectivity index (χ4v) is 2.04. The number of fused-ring (bicyclic) bond motifs is 1. The molecule has 0 radical (unpaired) electrons. The molecule has 0 spiro atoms. The van der Waals surface area contributed by atoms with Gasteiger partial charge in [0, 0.05) is 25.2 Å². The minimum Gasteiger partial charge on any atom is -0.508 e. The third-order valence-corrected chi connectivity index (χ3v) is 2.50. The fourth-order valence-electron chi connectivity index (χ4n) is 2.04. The van der Waals surface area contributed by atoms with E-state index in [9.17, 15) is 5.11 Å². The highest BCUT2D eigenvalue weighted by Gasteiger charge is 2.27. The lowest BCUT2D eigenvalue weighted by Crippen LogP contribution is -2.46. The van der Waals surface area contributed by atoms with E-state index >= 15 is 0 Å². The Morgan fingerprint density at radius 3 is 2.86 bits per heavy atom. The first-order chi connectivity index (χ1) is 6.48. The molecule has 0 bridgehead atoms. The molecule has 3 nitrogen and oxygen atoms in total. The van der Waals surface area contributed by atoms with Crippen LogP contribution in [0.4, 0.5) is 11.4 Å². The summed E-state index contributed by atoms with van der Waals surface area (Å²) in [6, 6.07) is 5.43. The zero-order valence-corrected chi connectivity index (χ0v) is 8.83. The second-order valence-corrected chi connectivity index (χ2v) is 4.57. The number of benzene rings is 1. The van der Waals surface area contributed by atoms with Crippen molar-refractivity contribution >= 4 is 11.4 Å². The van der Waals surface area contributed by atoms with E-state index in [0.29, 0.717) is 5.75 Å². The topological polar surface area (TPSA) is 35.5 Å². The molecule has 0 amide bonds. The Bertz CT molecular complexity index is 360. The summed E-state index contributed by atoms with van der Waals surface area (Å²) < 4.78 is 0. The zero-order valence-electron chi connectivity index (χ0n) is 8.83. The standard InChI is InChI=1S/C11H16N2O/c1-11(2)7-13(3)10-5-4-8(14)6-9(10)12-11/h4-6,12,14H,7H2,1-3H3. The van der Waals surface area contributed by atoms with Gasteiger partial charge in [0.15, 0.2) is 0 Å². The van der Waals surface area contributed by atoms with Gasteiger partial charge in [-0.2, -0.15) is 0 Å². The smallest absolute Gasteiger partial charge is 0.117 e. The van der Waals surface area contributed by atoms with E-state index in [2.05, 4.69) is 31.1 Å². The molecular weight excluding hydrogens is 176 g/mol. The number of nitrogens with zero attached hydrogens (tertiary/aromatic N) is 1. The molecule has 14 heavy (non-hydrogen) atoms. The van der Waals surface area contributed by atoms with Gasteiger partial charge in [-0.05, 0) is 26.0 Å². The Kier molecular flexibility index (Phi) is 1.84. The number of aromatic hydroxyl groups is 1. The Labute approximate surface area is 84.4 Å². The van der Waals surface area contributed by atoms with Crippen molar-refractivity contribution in [2.45, 2.75) is 19.4 Å². The Morgan fingerprint density at radius 1 is 1.43 bits per heavy atom. The fraction of sp³-hybridized carbons (Fsp3) is 0.455. The molecule has 0 saturated carbocycles. The summed E-state index contributed by atoms with van der Waals surface area (Å²) in [5, 5.41) is 12.8. The minimum absolute atomic E-state index is 0.0511. The molecule has 2 N–H and O–H groups in total. The molecule has 2 rings (SSSR count). The summed E-state index contributed by atoms with van der Waals surface area (Å²) in [4.78, 5) is 2.20. The zero-order chi connectivity index (χ0) is 10.3. The van der Waals surface area contributed by atoms with E-state index in [-0.39, 0.29) is 5.54 Å². The van der Waals surface area contributed by atoms with Crippen molar-refractivity contribution in [1.29, 1.82) is 0 Å². The van der Waals surface area contributed by atoms with Crippen molar-refractivity contribution in [3.63, 3.8) is 0 Å². The molecule has 0 atom stereocenters. The second-order valence-electron chi connectivity index (χ2n) is 4.57. The maximum Gasteiger partial charge on any atom is 0.117 e. The molecule has 1 aliphatic rings. The highest BCUT2D eigenvalue weighted by molar-refractivity contribution is 5.74. The van der Waals surface area contributed by atoms with Crippen LogP contribution in [0.2, 0.25) is 0 Å². The number of hydrogen-bond acceptors (Lipinski definition) is 3. The summed E-state index contributed by atoms with van der Waals surface area (Å²) in [5.74, 6) is 0.308. The van der Waals surface area contributed by atoms with Crippen LogP contribution in [0.25, 0.3) is 0 Å². The lowest BCUT2D eigenvalue weighted by molar-refractivity contribution is 0.474. The number of hydrogen-bond donors (Lipinski definition) is 2. The third-order valence-electron chi connectivity index (χ3n) is 2.50. The van der Waals surface area contributed by atoms with Crippen LogP contribution in [-0.2, 0) is 0 Å². The van der Waals surface area contributed by atoms with E-state index in [0.717, 1.165) is 17.9 Å². The Balaban J connectivity index is 2.46. The average Bonchev–Trinajstić information content (AvgIpc) is 2.00. The first-order valence-electron chi connectivity index (χ1n) is 4.80. The predicted octanol–water partition coefficient (Wildman–Crippen LogP) is 2.03. The highest BCUT2D eigenvalue weighted by Crippen LogP contribution is 2.35. The molecule has 1 aliphatic heterocycles. The highest BCUT2D eigenvalue weighted by atomic mass is 16.3. The van der Waals surface area contributed by atoms with Gasteiger partial charge in [0.1, 0.15) is 5.75 Å². The molecular formula is C11H16N2O. The Morgan fingerprint density at radius 2 is 2.14 bits per heavy atom. The maximum absolute atomic E-state index is 9.39. The normalized spacial score (nSPS) is 18.6. The summed E-state index contributed by atoms with van der Waals surface area (Å²) in [5.41, 5.74) is 2.20. The molecule has 76 valence electrons. The van der Waals surface area contributed by atoms with Crippen molar-refractivity contribution in [2.75, 3.05) is 23.8 Å². The largest absolute Gasteiger partial charge is 0.508 e. The summed E-state index contributed by atoms with van der Waals surface area (Å²) >= 11 is 0. The molecule has 0 aliphatic carbocycles. The number of phenols is 1. The predicted molar refractivity (Wildman–Crippen MR) is 59.1 cm³/mol. The first kappa shape index (κ1) is 9.19. The van der Waals surface area contributed by atoms with Gasteiger partial charge in [-0.3, -0.25) is 0 Å². The van der Waals surface area contributed by atoms with Crippen LogP contribution >= 0.6 is 0 Å². The van der Waals surface area contributed by atoms with Gasteiger partial charge in [-0.25, -0.2) is 0 Å². The van der Waals surface area contributed by atoms with Crippen LogP contribution < -0.4 is 10.2 Å². The van der Waals surface area contributed by atoms with E-state index in [4.69, 9.17) is 0 Å². The van der Waals surface area contributed by atoms with Crippen LogP contribution in [0.1, 0.15) is 13.8 Å². The van der Waals surface area contributed by atoms with Crippen molar-refractivity contribution in [1.82, 2.24) is 0 Å². The van der Waals surface area contributed by atoms with E-state index in [1.807, 2.05) is 6.07 Å². The lowest BCUT2D eigenvalue weighted by Gasteiger charge is -2.40. The number of anilines is 2. The van der Waals surface area contributed by atoms with Crippen molar-refractivity contribution in [2.24, 2.45) is 0 Å². The van der Waals surface area contributed by atoms with Gasteiger partial charge in [0.05, 0.1) is 11.4 Å². The second kappa shape index (κ2) is 2.80. The van der Waals surface area contributed by atoms with Crippen LogP contribution in [-0.4, -0.2) is 24.2 Å². The van der Waals surface area contributed by atoms with Crippen LogP contribution in [0.3, 0.4) is 0 Å². The molecule has 1 heterocycles. The van der Waals surface area contributed by atoms with Crippen LogP contribution in [0, 0.1) is 0 Å². The van der Waals surface area contributed by atoms with Gasteiger partial charge in [0.2, 0.25) is 0 Å².